The van der Waals surface area contributed by atoms with Gasteiger partial charge in [0.15, 0.2) is 0 Å². The van der Waals surface area contributed by atoms with Gasteiger partial charge in [0.25, 0.3) is 5.91 Å². The standard InChI is InChI=1S/C30H31F3N8O/c1-19-4-7-24(11-27(19)39-29-36-9-8-26(38-29)23-12-34-18-35-13-23)37-28(42)21-5-6-22(25(10-21)30(31,32)33)17-41-15-20(16-41)14-40(2)3/h4-13,18,20H,14-17H2,1-3H3,(H,37,42)(H,36,38,39). The molecule has 42 heavy (non-hydrogen) atoms. The van der Waals surface area contributed by atoms with Crippen molar-refractivity contribution in [3.8, 4) is 11.3 Å². The molecule has 9 nitrogen and oxygen atoms in total. The number of amides is 1. The highest BCUT2D eigenvalue weighted by Gasteiger charge is 2.36. The van der Waals surface area contributed by atoms with Gasteiger partial charge in [-0.1, -0.05) is 12.1 Å². The molecule has 2 aromatic carbocycles. The number of benzene rings is 2. The van der Waals surface area contributed by atoms with Crippen molar-refractivity contribution in [2.75, 3.05) is 44.4 Å². The molecule has 0 radical (unpaired) electrons. The first-order chi connectivity index (χ1) is 20.0. The van der Waals surface area contributed by atoms with Crippen LogP contribution in [0.1, 0.15) is 27.0 Å². The molecule has 4 aromatic rings. The number of hydrogen-bond acceptors (Lipinski definition) is 8. The highest BCUT2D eigenvalue weighted by Crippen LogP contribution is 2.34. The maximum absolute atomic E-state index is 14.0. The number of hydrogen-bond donors (Lipinski definition) is 2. The lowest BCUT2D eigenvalue weighted by atomic mass is 9.96. The van der Waals surface area contributed by atoms with E-state index in [0.29, 0.717) is 28.9 Å². The van der Waals surface area contributed by atoms with Crippen molar-refractivity contribution in [1.29, 1.82) is 0 Å². The van der Waals surface area contributed by atoms with E-state index in [1.54, 1.807) is 42.9 Å². The molecule has 0 aliphatic carbocycles. The molecule has 1 aliphatic heterocycles. The lowest BCUT2D eigenvalue weighted by Crippen LogP contribution is -2.49. The minimum atomic E-state index is -4.58. The van der Waals surface area contributed by atoms with Crippen LogP contribution in [0.2, 0.25) is 0 Å². The number of halogens is 3. The molecule has 2 N–H and O–H groups in total. The average Bonchev–Trinajstić information content (AvgIpc) is 2.93. The van der Waals surface area contributed by atoms with E-state index in [4.69, 9.17) is 0 Å². The van der Waals surface area contributed by atoms with Gasteiger partial charge in [-0.25, -0.2) is 19.9 Å². The number of nitrogens with zero attached hydrogens (tertiary/aromatic N) is 6. The molecule has 218 valence electrons. The van der Waals surface area contributed by atoms with Crippen molar-refractivity contribution >= 4 is 23.2 Å². The number of likely N-dealkylation sites (tertiary alicyclic amines) is 1. The molecule has 1 aliphatic rings. The molecule has 1 amide bonds. The van der Waals surface area contributed by atoms with Crippen molar-refractivity contribution in [2.24, 2.45) is 5.92 Å². The summed E-state index contributed by atoms with van der Waals surface area (Å²) in [6.45, 7) is 4.46. The first kappa shape index (κ1) is 29.1. The van der Waals surface area contributed by atoms with Crippen LogP contribution in [0.5, 0.6) is 0 Å². The Labute approximate surface area is 241 Å². The Morgan fingerprint density at radius 3 is 2.55 bits per heavy atom. The van der Waals surface area contributed by atoms with Gasteiger partial charge in [0.1, 0.15) is 6.33 Å². The van der Waals surface area contributed by atoms with E-state index in [0.717, 1.165) is 36.8 Å². The van der Waals surface area contributed by atoms with E-state index < -0.39 is 17.6 Å². The van der Waals surface area contributed by atoms with Gasteiger partial charge < -0.3 is 15.5 Å². The summed E-state index contributed by atoms with van der Waals surface area (Å²) in [6.07, 6.45) is 1.74. The second-order valence-electron chi connectivity index (χ2n) is 10.7. The van der Waals surface area contributed by atoms with Crippen LogP contribution >= 0.6 is 0 Å². The van der Waals surface area contributed by atoms with Crippen molar-refractivity contribution in [1.82, 2.24) is 29.7 Å². The summed E-state index contributed by atoms with van der Waals surface area (Å²) < 4.78 is 42.0. The van der Waals surface area contributed by atoms with Gasteiger partial charge >= 0.3 is 6.18 Å². The summed E-state index contributed by atoms with van der Waals surface area (Å²) in [5.74, 6) is 0.130. The van der Waals surface area contributed by atoms with E-state index >= 15 is 0 Å². The van der Waals surface area contributed by atoms with Crippen LogP contribution in [0.15, 0.2) is 67.4 Å². The fourth-order valence-electron chi connectivity index (χ4n) is 4.97. The summed E-state index contributed by atoms with van der Waals surface area (Å²) in [6, 6.07) is 10.7. The normalized spacial score (nSPS) is 14.1. The second-order valence-corrected chi connectivity index (χ2v) is 10.7. The third-order valence-corrected chi connectivity index (χ3v) is 6.98. The number of aryl methyl sites for hydroxylation is 1. The molecule has 0 spiro atoms. The molecule has 12 heteroatoms. The summed E-state index contributed by atoms with van der Waals surface area (Å²) in [4.78, 5) is 33.9. The lowest BCUT2D eigenvalue weighted by Gasteiger charge is -2.41. The lowest BCUT2D eigenvalue weighted by molar-refractivity contribution is -0.138. The number of nitrogens with one attached hydrogen (secondary N) is 2. The third kappa shape index (κ3) is 7.07. The Balaban J connectivity index is 1.29. The number of carbonyl (C=O) groups excluding carboxylic acids is 1. The molecule has 0 atom stereocenters. The van der Waals surface area contributed by atoms with Crippen molar-refractivity contribution < 1.29 is 18.0 Å². The molecule has 3 heterocycles. The predicted molar refractivity (Wildman–Crippen MR) is 154 cm³/mol. The zero-order valence-corrected chi connectivity index (χ0v) is 23.5. The minimum absolute atomic E-state index is 0.0728. The summed E-state index contributed by atoms with van der Waals surface area (Å²) in [7, 11) is 3.97. The molecular formula is C30H31F3N8O. The molecule has 0 saturated carbocycles. The topological polar surface area (TPSA) is 99.2 Å². The molecule has 1 saturated heterocycles. The number of anilines is 3. The smallest absolute Gasteiger partial charge is 0.324 e. The SMILES string of the molecule is Cc1ccc(NC(=O)c2ccc(CN3CC(CN(C)C)C3)c(C(F)(F)F)c2)cc1Nc1nccc(-c2cncnc2)n1. The largest absolute Gasteiger partial charge is 0.416 e. The monoisotopic (exact) mass is 576 g/mol. The maximum atomic E-state index is 14.0. The molecule has 2 aromatic heterocycles. The van der Waals surface area contributed by atoms with E-state index in [-0.39, 0.29) is 17.7 Å². The van der Waals surface area contributed by atoms with Gasteiger partial charge in [-0.15, -0.1) is 0 Å². The maximum Gasteiger partial charge on any atom is 0.416 e. The molecule has 0 unspecified atom stereocenters. The first-order valence-corrected chi connectivity index (χ1v) is 13.4. The number of carbonyl (C=O) groups is 1. The predicted octanol–water partition coefficient (Wildman–Crippen LogP) is 5.25. The van der Waals surface area contributed by atoms with Crippen LogP contribution in [-0.4, -0.2) is 69.4 Å². The Bertz CT molecular complexity index is 1560. The second kappa shape index (κ2) is 12.2. The number of alkyl halides is 3. The zero-order chi connectivity index (χ0) is 29.9. The molecule has 5 rings (SSSR count). The Kier molecular flexibility index (Phi) is 8.46. The summed E-state index contributed by atoms with van der Waals surface area (Å²) in [5, 5.41) is 5.86. The van der Waals surface area contributed by atoms with Gasteiger partial charge in [0.2, 0.25) is 5.95 Å². The highest BCUT2D eigenvalue weighted by atomic mass is 19.4. The quantitative estimate of drug-likeness (QED) is 0.279. The van der Waals surface area contributed by atoms with Crippen LogP contribution < -0.4 is 10.6 Å². The third-order valence-electron chi connectivity index (χ3n) is 6.98. The number of rotatable bonds is 9. The average molecular weight is 577 g/mol. The van der Waals surface area contributed by atoms with Crippen LogP contribution in [0.25, 0.3) is 11.3 Å². The van der Waals surface area contributed by atoms with Crippen molar-refractivity contribution in [3.63, 3.8) is 0 Å². The van der Waals surface area contributed by atoms with E-state index in [1.165, 1.54) is 18.5 Å². The highest BCUT2D eigenvalue weighted by molar-refractivity contribution is 6.04. The van der Waals surface area contributed by atoms with Crippen molar-refractivity contribution in [3.05, 3.63) is 89.6 Å². The van der Waals surface area contributed by atoms with Crippen LogP contribution in [0.4, 0.5) is 30.5 Å². The number of aromatic nitrogens is 4. The fourth-order valence-corrected chi connectivity index (χ4v) is 4.97. The van der Waals surface area contributed by atoms with Crippen LogP contribution in [0, 0.1) is 12.8 Å². The fraction of sp³-hybridized carbons (Fsp3) is 0.300. The van der Waals surface area contributed by atoms with E-state index in [1.807, 2.05) is 25.9 Å². The van der Waals surface area contributed by atoms with Gasteiger partial charge in [-0.3, -0.25) is 9.69 Å². The molecular weight excluding hydrogens is 545 g/mol. The first-order valence-electron chi connectivity index (χ1n) is 13.4. The Morgan fingerprint density at radius 2 is 1.83 bits per heavy atom. The van der Waals surface area contributed by atoms with Gasteiger partial charge in [-0.05, 0) is 68.4 Å². The van der Waals surface area contributed by atoms with E-state index in [2.05, 4.69) is 35.5 Å². The van der Waals surface area contributed by atoms with Gasteiger partial charge in [-0.2, -0.15) is 13.2 Å². The van der Waals surface area contributed by atoms with Gasteiger partial charge in [0.05, 0.1) is 11.3 Å². The zero-order valence-electron chi connectivity index (χ0n) is 23.5. The van der Waals surface area contributed by atoms with Crippen LogP contribution in [0.3, 0.4) is 0 Å². The summed E-state index contributed by atoms with van der Waals surface area (Å²) >= 11 is 0. The Morgan fingerprint density at radius 1 is 1.07 bits per heavy atom. The summed E-state index contributed by atoms with van der Waals surface area (Å²) in [5.41, 5.74) is 2.54. The molecule has 1 fully saturated rings. The molecule has 0 bridgehead atoms. The van der Waals surface area contributed by atoms with E-state index in [9.17, 15) is 18.0 Å². The van der Waals surface area contributed by atoms with Crippen molar-refractivity contribution in [2.45, 2.75) is 19.6 Å². The van der Waals surface area contributed by atoms with Gasteiger partial charge in [0, 0.05) is 67.3 Å². The van der Waals surface area contributed by atoms with Crippen LogP contribution in [-0.2, 0) is 12.7 Å². The minimum Gasteiger partial charge on any atom is -0.324 e. The Hall–Kier alpha value is -4.42.